The third-order valence-electron chi connectivity index (χ3n) is 2.80. The van der Waals surface area contributed by atoms with Crippen molar-refractivity contribution in [3.05, 3.63) is 0 Å². The number of hydrogen-bond donors (Lipinski definition) is 0. The third kappa shape index (κ3) is 5.49. The Balaban J connectivity index is 2.30. The molecule has 18 heavy (non-hydrogen) atoms. The molecule has 0 bridgehead atoms. The maximum atomic E-state index is 11.8. The van der Waals surface area contributed by atoms with Gasteiger partial charge in [0.1, 0.15) is 11.4 Å². The van der Waals surface area contributed by atoms with Crippen molar-refractivity contribution in [1.82, 2.24) is 9.80 Å². The molecule has 1 fully saturated rings. The van der Waals surface area contributed by atoms with E-state index < -0.39 is 5.60 Å². The molecule has 0 aromatic carbocycles. The summed E-state index contributed by atoms with van der Waals surface area (Å²) in [7, 11) is 0. The van der Waals surface area contributed by atoms with Crippen LogP contribution in [-0.2, 0) is 9.53 Å². The fourth-order valence-electron chi connectivity index (χ4n) is 1.80. The fourth-order valence-corrected chi connectivity index (χ4v) is 1.80. The van der Waals surface area contributed by atoms with Crippen molar-refractivity contribution in [2.24, 2.45) is 0 Å². The van der Waals surface area contributed by atoms with Gasteiger partial charge in [-0.15, -0.1) is 0 Å². The van der Waals surface area contributed by atoms with Crippen LogP contribution in [0.1, 0.15) is 34.1 Å². The first kappa shape index (κ1) is 15.0. The van der Waals surface area contributed by atoms with Crippen molar-refractivity contribution in [1.29, 1.82) is 0 Å². The molecule has 1 saturated heterocycles. The largest absolute Gasteiger partial charge is 0.444 e. The molecule has 0 N–H and O–H groups in total. The van der Waals surface area contributed by atoms with Gasteiger partial charge < -0.3 is 9.64 Å². The second-order valence-electron chi connectivity index (χ2n) is 5.76. The van der Waals surface area contributed by atoms with Crippen LogP contribution in [0.3, 0.4) is 0 Å². The Morgan fingerprint density at radius 2 is 1.67 bits per heavy atom. The van der Waals surface area contributed by atoms with E-state index in [1.54, 1.807) is 11.8 Å². The molecule has 0 aromatic rings. The minimum Gasteiger partial charge on any atom is -0.444 e. The molecule has 0 unspecified atom stereocenters. The highest BCUT2D eigenvalue weighted by Gasteiger charge is 2.25. The van der Waals surface area contributed by atoms with Crippen molar-refractivity contribution in [2.75, 3.05) is 32.7 Å². The van der Waals surface area contributed by atoms with E-state index >= 15 is 0 Å². The molecule has 1 rings (SSSR count). The van der Waals surface area contributed by atoms with E-state index in [2.05, 4.69) is 4.90 Å². The Labute approximate surface area is 109 Å². The zero-order valence-corrected chi connectivity index (χ0v) is 11.9. The normalized spacial score (nSPS) is 17.7. The van der Waals surface area contributed by atoms with Crippen LogP contribution in [0.2, 0.25) is 0 Å². The number of rotatable bonds is 3. The molecular weight excluding hydrogens is 232 g/mol. The zero-order valence-electron chi connectivity index (χ0n) is 11.9. The Kier molecular flexibility index (Phi) is 5.14. The van der Waals surface area contributed by atoms with Crippen LogP contribution < -0.4 is 0 Å². The first-order valence-electron chi connectivity index (χ1n) is 6.47. The summed E-state index contributed by atoms with van der Waals surface area (Å²) < 4.78 is 5.32. The predicted molar refractivity (Wildman–Crippen MR) is 69.5 cm³/mol. The van der Waals surface area contributed by atoms with Crippen molar-refractivity contribution in [2.45, 2.75) is 39.7 Å². The van der Waals surface area contributed by atoms with E-state index in [1.165, 1.54) is 0 Å². The molecule has 0 aromatic heterocycles. The van der Waals surface area contributed by atoms with E-state index in [9.17, 15) is 9.59 Å². The van der Waals surface area contributed by atoms with E-state index in [0.717, 1.165) is 19.6 Å². The van der Waals surface area contributed by atoms with Gasteiger partial charge in [0.05, 0.1) is 0 Å². The van der Waals surface area contributed by atoms with Gasteiger partial charge in [0.2, 0.25) is 0 Å². The van der Waals surface area contributed by atoms with Crippen LogP contribution >= 0.6 is 0 Å². The molecule has 5 heteroatoms. The van der Waals surface area contributed by atoms with Crippen LogP contribution in [-0.4, -0.2) is 60.0 Å². The monoisotopic (exact) mass is 256 g/mol. The summed E-state index contributed by atoms with van der Waals surface area (Å²) in [5.41, 5.74) is -0.442. The van der Waals surface area contributed by atoms with Gasteiger partial charge in [-0.25, -0.2) is 4.79 Å². The Morgan fingerprint density at radius 1 is 1.11 bits per heavy atom. The molecule has 0 atom stereocenters. The van der Waals surface area contributed by atoms with Gasteiger partial charge in [-0.2, -0.15) is 0 Å². The molecular formula is C13H24N2O3. The highest BCUT2D eigenvalue weighted by molar-refractivity contribution is 5.75. The third-order valence-corrected chi connectivity index (χ3v) is 2.80. The topological polar surface area (TPSA) is 49.9 Å². The summed E-state index contributed by atoms with van der Waals surface area (Å²) in [4.78, 5) is 26.7. The lowest BCUT2D eigenvalue weighted by Crippen LogP contribution is -2.50. The molecule has 0 saturated carbocycles. The Morgan fingerprint density at radius 3 is 2.11 bits per heavy atom. The van der Waals surface area contributed by atoms with E-state index in [4.69, 9.17) is 4.74 Å². The summed E-state index contributed by atoms with van der Waals surface area (Å²) >= 11 is 0. The second-order valence-corrected chi connectivity index (χ2v) is 5.76. The Hall–Kier alpha value is -1.10. The number of ketones is 1. The average Bonchev–Trinajstić information content (AvgIpc) is 2.24. The smallest absolute Gasteiger partial charge is 0.410 e. The van der Waals surface area contributed by atoms with Gasteiger partial charge in [0.15, 0.2) is 0 Å². The highest BCUT2D eigenvalue weighted by Crippen LogP contribution is 2.11. The number of hydrogen-bond acceptors (Lipinski definition) is 4. The first-order valence-corrected chi connectivity index (χ1v) is 6.47. The quantitative estimate of drug-likeness (QED) is 0.768. The summed E-state index contributed by atoms with van der Waals surface area (Å²) in [6.45, 7) is 11.0. The predicted octanol–water partition coefficient (Wildman–Crippen LogP) is 1.52. The molecule has 5 nitrogen and oxygen atoms in total. The maximum Gasteiger partial charge on any atom is 0.410 e. The van der Waals surface area contributed by atoms with Gasteiger partial charge in [0.25, 0.3) is 0 Å². The summed E-state index contributed by atoms with van der Waals surface area (Å²) in [5, 5.41) is 0. The van der Waals surface area contributed by atoms with Gasteiger partial charge >= 0.3 is 6.09 Å². The van der Waals surface area contributed by atoms with E-state index in [0.29, 0.717) is 19.5 Å². The van der Waals surface area contributed by atoms with E-state index in [1.807, 2.05) is 20.8 Å². The van der Waals surface area contributed by atoms with Gasteiger partial charge in [0, 0.05) is 39.1 Å². The molecule has 1 heterocycles. The van der Waals surface area contributed by atoms with Gasteiger partial charge in [-0.1, -0.05) is 0 Å². The highest BCUT2D eigenvalue weighted by atomic mass is 16.6. The van der Waals surface area contributed by atoms with Crippen LogP contribution in [0.15, 0.2) is 0 Å². The number of Topliss-reactive ketones (excluding diaryl/α,β-unsaturated/α-hetero) is 1. The molecule has 0 spiro atoms. The Bertz CT molecular complexity index is 302. The number of nitrogens with zero attached hydrogens (tertiary/aromatic N) is 2. The second kappa shape index (κ2) is 6.18. The number of piperazine rings is 1. The number of carbonyl (C=O) groups excluding carboxylic acids is 2. The van der Waals surface area contributed by atoms with Crippen molar-refractivity contribution >= 4 is 11.9 Å². The lowest BCUT2D eigenvalue weighted by Gasteiger charge is -2.35. The lowest BCUT2D eigenvalue weighted by molar-refractivity contribution is -0.117. The van der Waals surface area contributed by atoms with Crippen molar-refractivity contribution in [3.63, 3.8) is 0 Å². The van der Waals surface area contributed by atoms with Crippen LogP contribution in [0, 0.1) is 0 Å². The summed E-state index contributed by atoms with van der Waals surface area (Å²) in [6.07, 6.45) is 0.348. The minimum atomic E-state index is -0.442. The number of amides is 1. The molecule has 104 valence electrons. The standard InChI is InChI=1S/C13H24N2O3/c1-11(16)5-6-14-7-9-15(10-8-14)12(17)18-13(2,3)4/h5-10H2,1-4H3. The summed E-state index contributed by atoms with van der Waals surface area (Å²) in [5.74, 6) is 0.213. The molecule has 0 radical (unpaired) electrons. The summed E-state index contributed by atoms with van der Waals surface area (Å²) in [6, 6.07) is 0. The first-order chi connectivity index (χ1) is 8.28. The fraction of sp³-hybridized carbons (Fsp3) is 0.846. The number of carbonyl (C=O) groups is 2. The zero-order chi connectivity index (χ0) is 13.8. The molecule has 1 aliphatic heterocycles. The van der Waals surface area contributed by atoms with Crippen molar-refractivity contribution < 1.29 is 14.3 Å². The van der Waals surface area contributed by atoms with Crippen LogP contribution in [0.4, 0.5) is 4.79 Å². The molecule has 1 aliphatic rings. The molecule has 0 aliphatic carbocycles. The molecule has 1 amide bonds. The van der Waals surface area contributed by atoms with Gasteiger partial charge in [-0.05, 0) is 27.7 Å². The van der Waals surface area contributed by atoms with E-state index in [-0.39, 0.29) is 11.9 Å². The van der Waals surface area contributed by atoms with Crippen LogP contribution in [0.5, 0.6) is 0 Å². The maximum absolute atomic E-state index is 11.8. The van der Waals surface area contributed by atoms with Gasteiger partial charge in [-0.3, -0.25) is 9.69 Å². The minimum absolute atomic E-state index is 0.213. The number of ether oxygens (including phenoxy) is 1. The van der Waals surface area contributed by atoms with Crippen LogP contribution in [0.25, 0.3) is 0 Å². The average molecular weight is 256 g/mol. The SMILES string of the molecule is CC(=O)CCN1CCN(C(=O)OC(C)(C)C)CC1. The van der Waals surface area contributed by atoms with Crippen molar-refractivity contribution in [3.8, 4) is 0 Å². The lowest BCUT2D eigenvalue weighted by atomic mass is 10.2.